The molecule has 0 atom stereocenters. The zero-order valence-electron chi connectivity index (χ0n) is 10.1. The van der Waals surface area contributed by atoms with Gasteiger partial charge in [0.15, 0.2) is 0 Å². The van der Waals surface area contributed by atoms with Gasteiger partial charge in [0.05, 0.1) is 16.9 Å². The quantitative estimate of drug-likeness (QED) is 0.631. The van der Waals surface area contributed by atoms with E-state index in [1.807, 2.05) is 6.07 Å². The van der Waals surface area contributed by atoms with Gasteiger partial charge < -0.3 is 10.1 Å². The molecule has 1 aromatic carbocycles. The third-order valence-electron chi connectivity index (χ3n) is 2.86. The van der Waals surface area contributed by atoms with Crippen molar-refractivity contribution in [3.05, 3.63) is 41.9 Å². The van der Waals surface area contributed by atoms with Gasteiger partial charge in [0, 0.05) is 23.3 Å². The number of nitrogens with one attached hydrogen (secondary N) is 2. The first-order valence-electron chi connectivity index (χ1n) is 5.74. The highest BCUT2D eigenvalue weighted by Gasteiger charge is 2.11. The second-order valence-corrected chi connectivity index (χ2v) is 4.41. The molecule has 0 aliphatic rings. The van der Waals surface area contributed by atoms with Crippen LogP contribution < -0.4 is 5.32 Å². The summed E-state index contributed by atoms with van der Waals surface area (Å²) in [4.78, 5) is 21.8. The summed E-state index contributed by atoms with van der Waals surface area (Å²) in [6.45, 7) is 0. The minimum absolute atomic E-state index is 0.164. The van der Waals surface area contributed by atoms with Crippen molar-refractivity contribution in [2.45, 2.75) is 0 Å². The van der Waals surface area contributed by atoms with Crippen LogP contribution >= 0.6 is 11.6 Å². The molecule has 2 aromatic heterocycles. The number of benzene rings is 1. The van der Waals surface area contributed by atoms with Crippen LogP contribution in [0.15, 0.2) is 36.7 Å². The second kappa shape index (κ2) is 4.82. The lowest BCUT2D eigenvalue weighted by Gasteiger charge is -2.03. The average molecular weight is 289 g/mol. The zero-order valence-corrected chi connectivity index (χ0v) is 10.8. The standard InChI is InChI=1S/C13H9ClN4O2/c14-12-15-5-4-9(17-12)8-6-16-11-7(8)2-1-3-10(11)18-13(19)20/h1-6,16,18H,(H,19,20). The number of aromatic amines is 1. The fourth-order valence-electron chi connectivity index (χ4n) is 2.07. The molecule has 0 bridgehead atoms. The first-order valence-corrected chi connectivity index (χ1v) is 6.12. The lowest BCUT2D eigenvalue weighted by molar-refractivity contribution is 0.210. The third-order valence-corrected chi connectivity index (χ3v) is 3.04. The van der Waals surface area contributed by atoms with Crippen molar-refractivity contribution in [1.29, 1.82) is 0 Å². The molecular weight excluding hydrogens is 280 g/mol. The number of carboxylic acid groups (broad SMARTS) is 1. The van der Waals surface area contributed by atoms with Crippen LogP contribution in [0.4, 0.5) is 10.5 Å². The van der Waals surface area contributed by atoms with Crippen molar-refractivity contribution in [3.63, 3.8) is 0 Å². The van der Waals surface area contributed by atoms with E-state index in [9.17, 15) is 4.79 Å². The van der Waals surface area contributed by atoms with Gasteiger partial charge in [-0.3, -0.25) is 5.32 Å². The molecule has 7 heteroatoms. The number of H-pyrrole nitrogens is 1. The highest BCUT2D eigenvalue weighted by atomic mass is 35.5. The minimum Gasteiger partial charge on any atom is -0.465 e. The normalized spacial score (nSPS) is 10.7. The van der Waals surface area contributed by atoms with E-state index in [4.69, 9.17) is 16.7 Å². The van der Waals surface area contributed by atoms with E-state index in [0.29, 0.717) is 16.9 Å². The number of anilines is 1. The zero-order chi connectivity index (χ0) is 14.1. The molecule has 3 N–H and O–H groups in total. The summed E-state index contributed by atoms with van der Waals surface area (Å²) in [5.41, 5.74) is 2.68. The number of carbonyl (C=O) groups is 1. The number of rotatable bonds is 2. The smallest absolute Gasteiger partial charge is 0.409 e. The highest BCUT2D eigenvalue weighted by molar-refractivity contribution is 6.28. The molecular formula is C13H9ClN4O2. The van der Waals surface area contributed by atoms with E-state index in [0.717, 1.165) is 10.9 Å². The monoisotopic (exact) mass is 288 g/mol. The third kappa shape index (κ3) is 2.17. The van der Waals surface area contributed by atoms with Crippen LogP contribution in [0, 0.1) is 0 Å². The summed E-state index contributed by atoms with van der Waals surface area (Å²) in [6, 6.07) is 7.08. The molecule has 0 saturated heterocycles. The van der Waals surface area contributed by atoms with E-state index in [-0.39, 0.29) is 5.28 Å². The van der Waals surface area contributed by atoms with Gasteiger partial charge in [0.1, 0.15) is 0 Å². The van der Waals surface area contributed by atoms with Gasteiger partial charge in [-0.15, -0.1) is 0 Å². The Labute approximate surface area is 118 Å². The number of nitrogens with zero attached hydrogens (tertiary/aromatic N) is 2. The Morgan fingerprint density at radius 2 is 2.20 bits per heavy atom. The Hall–Kier alpha value is -2.60. The van der Waals surface area contributed by atoms with Gasteiger partial charge in [-0.2, -0.15) is 0 Å². The fraction of sp³-hybridized carbons (Fsp3) is 0. The second-order valence-electron chi connectivity index (χ2n) is 4.07. The number of fused-ring (bicyclic) bond motifs is 1. The highest BCUT2D eigenvalue weighted by Crippen LogP contribution is 2.31. The van der Waals surface area contributed by atoms with Gasteiger partial charge in [-0.05, 0) is 23.7 Å². The SMILES string of the molecule is O=C(O)Nc1cccc2c(-c3ccnc(Cl)n3)c[nH]c12. The number of hydrogen-bond donors (Lipinski definition) is 3. The summed E-state index contributed by atoms with van der Waals surface area (Å²) < 4.78 is 0. The van der Waals surface area contributed by atoms with Crippen molar-refractivity contribution in [3.8, 4) is 11.3 Å². The molecule has 6 nitrogen and oxygen atoms in total. The Kier molecular flexibility index (Phi) is 3.00. The van der Waals surface area contributed by atoms with Gasteiger partial charge in [0.25, 0.3) is 0 Å². The van der Waals surface area contributed by atoms with Crippen LogP contribution in [0.25, 0.3) is 22.2 Å². The van der Waals surface area contributed by atoms with Crippen LogP contribution in [0.1, 0.15) is 0 Å². The summed E-state index contributed by atoms with van der Waals surface area (Å²) in [6.07, 6.45) is 2.22. The Bertz CT molecular complexity index is 800. The summed E-state index contributed by atoms with van der Waals surface area (Å²) in [5.74, 6) is 0. The summed E-state index contributed by atoms with van der Waals surface area (Å²) >= 11 is 5.79. The molecule has 0 radical (unpaired) electrons. The molecule has 0 unspecified atom stereocenters. The molecule has 1 amide bonds. The van der Waals surface area contributed by atoms with Gasteiger partial charge in [-0.25, -0.2) is 14.8 Å². The topological polar surface area (TPSA) is 90.9 Å². The van der Waals surface area contributed by atoms with Crippen LogP contribution in [0.3, 0.4) is 0 Å². The molecule has 0 aliphatic heterocycles. The molecule has 2 heterocycles. The van der Waals surface area contributed by atoms with Gasteiger partial charge >= 0.3 is 6.09 Å². The Morgan fingerprint density at radius 1 is 1.35 bits per heavy atom. The molecule has 0 fully saturated rings. The Balaban J connectivity index is 2.17. The van der Waals surface area contributed by atoms with Gasteiger partial charge in [-0.1, -0.05) is 12.1 Å². The predicted octanol–water partition coefficient (Wildman–Crippen LogP) is 3.37. The van der Waals surface area contributed by atoms with E-state index < -0.39 is 6.09 Å². The van der Waals surface area contributed by atoms with Crippen molar-refractivity contribution < 1.29 is 9.90 Å². The molecule has 0 spiro atoms. The van der Waals surface area contributed by atoms with E-state index in [1.54, 1.807) is 30.6 Å². The molecule has 0 saturated carbocycles. The van der Waals surface area contributed by atoms with E-state index >= 15 is 0 Å². The first-order chi connectivity index (χ1) is 9.65. The fourth-order valence-corrected chi connectivity index (χ4v) is 2.22. The molecule has 20 heavy (non-hydrogen) atoms. The van der Waals surface area contributed by atoms with Gasteiger partial charge in [0.2, 0.25) is 5.28 Å². The van der Waals surface area contributed by atoms with Crippen LogP contribution in [-0.4, -0.2) is 26.2 Å². The maximum Gasteiger partial charge on any atom is 0.409 e. The molecule has 3 aromatic rings. The van der Waals surface area contributed by atoms with Crippen LogP contribution in [0.5, 0.6) is 0 Å². The van der Waals surface area contributed by atoms with Crippen molar-refractivity contribution in [1.82, 2.24) is 15.0 Å². The number of para-hydroxylation sites is 1. The molecule has 3 rings (SSSR count). The minimum atomic E-state index is -1.11. The van der Waals surface area contributed by atoms with Crippen molar-refractivity contribution >= 4 is 34.3 Å². The Morgan fingerprint density at radius 3 is 2.95 bits per heavy atom. The van der Waals surface area contributed by atoms with Crippen LogP contribution in [-0.2, 0) is 0 Å². The van der Waals surface area contributed by atoms with E-state index in [1.165, 1.54) is 0 Å². The lowest BCUT2D eigenvalue weighted by Crippen LogP contribution is -2.07. The molecule has 100 valence electrons. The van der Waals surface area contributed by atoms with Crippen molar-refractivity contribution in [2.24, 2.45) is 0 Å². The maximum atomic E-state index is 10.8. The summed E-state index contributed by atoms with van der Waals surface area (Å²) in [7, 11) is 0. The summed E-state index contributed by atoms with van der Waals surface area (Å²) in [5, 5.41) is 12.2. The average Bonchev–Trinajstić information content (AvgIpc) is 2.83. The predicted molar refractivity (Wildman–Crippen MR) is 76.0 cm³/mol. The molecule has 0 aliphatic carbocycles. The van der Waals surface area contributed by atoms with Crippen molar-refractivity contribution in [2.75, 3.05) is 5.32 Å². The number of amides is 1. The lowest BCUT2D eigenvalue weighted by atomic mass is 10.1. The maximum absolute atomic E-state index is 10.8. The largest absolute Gasteiger partial charge is 0.465 e. The number of hydrogen-bond acceptors (Lipinski definition) is 3. The first kappa shape index (κ1) is 12.4. The van der Waals surface area contributed by atoms with E-state index in [2.05, 4.69) is 20.3 Å². The number of aromatic nitrogens is 3. The number of halogens is 1. The van der Waals surface area contributed by atoms with Crippen LogP contribution in [0.2, 0.25) is 5.28 Å².